The molecule has 3 N–H and O–H groups in total. The monoisotopic (exact) mass is 239 g/mol. The van der Waals surface area contributed by atoms with Crippen LogP contribution in [0.2, 0.25) is 0 Å². The Morgan fingerprint density at radius 1 is 1.50 bits per heavy atom. The quantitative estimate of drug-likeness (QED) is 0.827. The molecule has 0 saturated heterocycles. The lowest BCUT2D eigenvalue weighted by atomic mass is 10.0. The van der Waals surface area contributed by atoms with E-state index in [0.29, 0.717) is 5.13 Å². The third kappa shape index (κ3) is 2.25. The first-order chi connectivity index (χ1) is 7.58. The zero-order chi connectivity index (χ0) is 11.7. The van der Waals surface area contributed by atoms with Gasteiger partial charge in [0.15, 0.2) is 5.13 Å². The Morgan fingerprint density at radius 2 is 2.25 bits per heavy atom. The third-order valence-corrected chi connectivity index (χ3v) is 4.15. The number of aryl methyl sites for hydroxylation is 2. The molecule has 0 spiro atoms. The first-order valence-corrected chi connectivity index (χ1v) is 6.40. The van der Waals surface area contributed by atoms with E-state index in [1.165, 1.54) is 11.3 Å². The Morgan fingerprint density at radius 3 is 2.75 bits per heavy atom. The largest absolute Gasteiger partial charge is 0.327 e. The van der Waals surface area contributed by atoms with Gasteiger partial charge in [0, 0.05) is 10.9 Å². The molecule has 2 unspecified atom stereocenters. The Hall–Kier alpha value is -0.940. The smallest absolute Gasteiger partial charge is 0.230 e. The van der Waals surface area contributed by atoms with E-state index < -0.39 is 0 Å². The highest BCUT2D eigenvalue weighted by atomic mass is 32.1. The highest BCUT2D eigenvalue weighted by Crippen LogP contribution is 2.27. The van der Waals surface area contributed by atoms with Gasteiger partial charge in [-0.15, -0.1) is 11.3 Å². The summed E-state index contributed by atoms with van der Waals surface area (Å²) in [6.45, 7) is 3.95. The molecule has 1 saturated carbocycles. The lowest BCUT2D eigenvalue weighted by Gasteiger charge is -2.13. The Balaban J connectivity index is 2.01. The van der Waals surface area contributed by atoms with Crippen LogP contribution in [-0.2, 0) is 4.79 Å². The third-order valence-electron chi connectivity index (χ3n) is 3.16. The Labute approximate surface area is 99.3 Å². The number of amides is 1. The fourth-order valence-corrected chi connectivity index (χ4v) is 2.86. The number of anilines is 1. The van der Waals surface area contributed by atoms with E-state index in [1.54, 1.807) is 0 Å². The van der Waals surface area contributed by atoms with Crippen molar-refractivity contribution in [3.63, 3.8) is 0 Å². The van der Waals surface area contributed by atoms with Crippen LogP contribution in [0.3, 0.4) is 0 Å². The summed E-state index contributed by atoms with van der Waals surface area (Å²) in [7, 11) is 0. The van der Waals surface area contributed by atoms with Crippen LogP contribution in [0.5, 0.6) is 0 Å². The normalized spacial score (nSPS) is 24.7. The summed E-state index contributed by atoms with van der Waals surface area (Å²) in [5.41, 5.74) is 6.87. The molecule has 1 amide bonds. The molecule has 1 aliphatic rings. The van der Waals surface area contributed by atoms with Gasteiger partial charge in [0.1, 0.15) is 0 Å². The fraction of sp³-hybridized carbons (Fsp3) is 0.636. The fourth-order valence-electron chi connectivity index (χ4n) is 2.04. The number of carbonyl (C=O) groups excluding carboxylic acids is 1. The van der Waals surface area contributed by atoms with Gasteiger partial charge in [-0.3, -0.25) is 4.79 Å². The highest BCUT2D eigenvalue weighted by molar-refractivity contribution is 7.15. The van der Waals surface area contributed by atoms with Crippen LogP contribution in [0.15, 0.2) is 0 Å². The molecular formula is C11H17N3OS. The van der Waals surface area contributed by atoms with Crippen molar-refractivity contribution >= 4 is 22.4 Å². The Kier molecular flexibility index (Phi) is 3.25. The van der Waals surface area contributed by atoms with Crippen molar-refractivity contribution < 1.29 is 4.79 Å². The van der Waals surface area contributed by atoms with E-state index in [9.17, 15) is 4.79 Å². The van der Waals surface area contributed by atoms with E-state index in [0.717, 1.165) is 29.8 Å². The van der Waals surface area contributed by atoms with E-state index in [2.05, 4.69) is 10.3 Å². The summed E-state index contributed by atoms with van der Waals surface area (Å²) in [5, 5.41) is 3.56. The van der Waals surface area contributed by atoms with Gasteiger partial charge in [-0.25, -0.2) is 4.98 Å². The van der Waals surface area contributed by atoms with Crippen LogP contribution in [0, 0.1) is 19.8 Å². The number of hydrogen-bond acceptors (Lipinski definition) is 4. The minimum atomic E-state index is -0.0375. The predicted molar refractivity (Wildman–Crippen MR) is 65.5 cm³/mol. The first-order valence-electron chi connectivity index (χ1n) is 5.58. The van der Waals surface area contributed by atoms with Crippen molar-refractivity contribution in [2.24, 2.45) is 11.7 Å². The molecule has 0 aliphatic heterocycles. The molecule has 1 aromatic heterocycles. The molecule has 2 rings (SSSR count). The van der Waals surface area contributed by atoms with Crippen molar-refractivity contribution in [3.8, 4) is 0 Å². The maximum Gasteiger partial charge on any atom is 0.230 e. The zero-order valence-corrected chi connectivity index (χ0v) is 10.4. The summed E-state index contributed by atoms with van der Waals surface area (Å²) in [4.78, 5) is 17.4. The predicted octanol–water partition coefficient (Wildman–Crippen LogP) is 1.83. The number of nitrogens with two attached hydrogens (primary N) is 1. The summed E-state index contributed by atoms with van der Waals surface area (Å²) < 4.78 is 0. The minimum Gasteiger partial charge on any atom is -0.327 e. The van der Waals surface area contributed by atoms with Crippen molar-refractivity contribution in [2.75, 3.05) is 5.32 Å². The molecule has 0 bridgehead atoms. The van der Waals surface area contributed by atoms with Crippen molar-refractivity contribution in [1.82, 2.24) is 4.98 Å². The van der Waals surface area contributed by atoms with Gasteiger partial charge in [0.2, 0.25) is 5.91 Å². The zero-order valence-electron chi connectivity index (χ0n) is 9.62. The van der Waals surface area contributed by atoms with E-state index >= 15 is 0 Å². The molecule has 0 aromatic carbocycles. The van der Waals surface area contributed by atoms with Crippen LogP contribution in [0.1, 0.15) is 29.8 Å². The maximum absolute atomic E-state index is 11.9. The van der Waals surface area contributed by atoms with Crippen LogP contribution in [0.25, 0.3) is 0 Å². The number of carbonyl (C=O) groups is 1. The van der Waals surface area contributed by atoms with Crippen LogP contribution >= 0.6 is 11.3 Å². The van der Waals surface area contributed by atoms with E-state index in [4.69, 9.17) is 5.73 Å². The average molecular weight is 239 g/mol. The van der Waals surface area contributed by atoms with Gasteiger partial charge >= 0.3 is 0 Å². The molecule has 5 heteroatoms. The Bertz CT molecular complexity index is 382. The summed E-state index contributed by atoms with van der Waals surface area (Å²) in [6.07, 6.45) is 2.90. The molecule has 16 heavy (non-hydrogen) atoms. The lowest BCUT2D eigenvalue weighted by Crippen LogP contribution is -2.34. The van der Waals surface area contributed by atoms with Gasteiger partial charge in [-0.1, -0.05) is 6.42 Å². The maximum atomic E-state index is 11.9. The molecule has 0 radical (unpaired) electrons. The van der Waals surface area contributed by atoms with Gasteiger partial charge in [0.05, 0.1) is 11.6 Å². The SMILES string of the molecule is Cc1nc(NC(=O)C2CCCC2N)sc1C. The van der Waals surface area contributed by atoms with Gasteiger partial charge in [-0.2, -0.15) is 0 Å². The molecule has 88 valence electrons. The van der Waals surface area contributed by atoms with Crippen molar-refractivity contribution in [3.05, 3.63) is 10.6 Å². The molecular weight excluding hydrogens is 222 g/mol. The second kappa shape index (κ2) is 4.51. The standard InChI is InChI=1S/C11H17N3OS/c1-6-7(2)16-11(13-6)14-10(15)8-4-3-5-9(8)12/h8-9H,3-5,12H2,1-2H3,(H,13,14,15). The second-order valence-corrected chi connectivity index (χ2v) is 5.55. The van der Waals surface area contributed by atoms with Gasteiger partial charge in [0.25, 0.3) is 0 Å². The van der Waals surface area contributed by atoms with E-state index in [1.807, 2.05) is 13.8 Å². The molecule has 1 heterocycles. The lowest BCUT2D eigenvalue weighted by molar-refractivity contribution is -0.120. The molecule has 1 aliphatic carbocycles. The summed E-state index contributed by atoms with van der Waals surface area (Å²) in [6, 6.07) is 0.0159. The topological polar surface area (TPSA) is 68.0 Å². The number of aromatic nitrogens is 1. The van der Waals surface area contributed by atoms with Crippen molar-refractivity contribution in [2.45, 2.75) is 39.2 Å². The van der Waals surface area contributed by atoms with Gasteiger partial charge in [-0.05, 0) is 26.7 Å². The summed E-state index contributed by atoms with van der Waals surface area (Å²) >= 11 is 1.52. The number of nitrogens with one attached hydrogen (secondary N) is 1. The number of thiazole rings is 1. The minimum absolute atomic E-state index is 0.0159. The average Bonchev–Trinajstić information content (AvgIpc) is 2.74. The van der Waals surface area contributed by atoms with Crippen LogP contribution in [-0.4, -0.2) is 16.9 Å². The van der Waals surface area contributed by atoms with Crippen molar-refractivity contribution in [1.29, 1.82) is 0 Å². The highest BCUT2D eigenvalue weighted by Gasteiger charge is 2.30. The molecule has 1 aromatic rings. The van der Waals surface area contributed by atoms with E-state index in [-0.39, 0.29) is 17.9 Å². The van der Waals surface area contributed by atoms with Crippen LogP contribution in [0.4, 0.5) is 5.13 Å². The molecule has 2 atom stereocenters. The first kappa shape index (κ1) is 11.5. The second-order valence-electron chi connectivity index (χ2n) is 4.35. The number of hydrogen-bond donors (Lipinski definition) is 2. The van der Waals surface area contributed by atoms with Crippen LogP contribution < -0.4 is 11.1 Å². The van der Waals surface area contributed by atoms with Gasteiger partial charge < -0.3 is 11.1 Å². The number of nitrogens with zero attached hydrogens (tertiary/aromatic N) is 1. The number of rotatable bonds is 2. The molecule has 1 fully saturated rings. The summed E-state index contributed by atoms with van der Waals surface area (Å²) in [5.74, 6) is -0.0109. The molecule has 4 nitrogen and oxygen atoms in total.